The Kier molecular flexibility index (Phi) is 2.08. The number of nitrogens with zero attached hydrogens (tertiary/aromatic N) is 1. The number of hydrogen-bond acceptors (Lipinski definition) is 3. The molecule has 0 aliphatic heterocycles. The van der Waals surface area contributed by atoms with Crippen LogP contribution in [-0.4, -0.2) is 10.2 Å². The van der Waals surface area contributed by atoms with Crippen LogP contribution in [0.3, 0.4) is 0 Å². The number of aryl methyl sites for hydroxylation is 1. The summed E-state index contributed by atoms with van der Waals surface area (Å²) in [4.78, 5) is 11.7. The lowest BCUT2D eigenvalue weighted by Gasteiger charge is -1.95. The molecule has 0 fully saturated rings. The third-order valence-corrected chi connectivity index (χ3v) is 2.62. The van der Waals surface area contributed by atoms with Crippen LogP contribution in [0.4, 0.5) is 0 Å². The number of rotatable bonds is 1. The van der Waals surface area contributed by atoms with Crippen molar-refractivity contribution in [3.8, 4) is 11.3 Å². The Bertz CT molecular complexity index is 707. The normalized spacial score (nSPS) is 10.9. The number of benzene rings is 1. The molecule has 1 N–H and O–H groups in total. The fourth-order valence-corrected chi connectivity index (χ4v) is 1.80. The fraction of sp³-hybridized carbons (Fsp3) is 0.0769. The van der Waals surface area contributed by atoms with Crippen molar-refractivity contribution >= 4 is 11.0 Å². The number of H-pyrrole nitrogens is 1. The van der Waals surface area contributed by atoms with Gasteiger partial charge in [0.2, 0.25) is 0 Å². The highest BCUT2D eigenvalue weighted by atomic mass is 16.3. The van der Waals surface area contributed by atoms with Gasteiger partial charge in [-0.25, -0.2) is 5.10 Å². The molecule has 4 heteroatoms. The van der Waals surface area contributed by atoms with Gasteiger partial charge in [0.1, 0.15) is 11.3 Å². The zero-order chi connectivity index (χ0) is 11.8. The van der Waals surface area contributed by atoms with Gasteiger partial charge in [-0.05, 0) is 25.1 Å². The van der Waals surface area contributed by atoms with E-state index < -0.39 is 0 Å². The van der Waals surface area contributed by atoms with Crippen molar-refractivity contribution in [2.75, 3.05) is 0 Å². The molecule has 0 saturated carbocycles. The first-order valence-electron chi connectivity index (χ1n) is 5.29. The predicted octanol–water partition coefficient (Wildman–Crippen LogP) is 2.49. The summed E-state index contributed by atoms with van der Waals surface area (Å²) in [6, 6.07) is 11.2. The molecule has 0 aliphatic carbocycles. The highest BCUT2D eigenvalue weighted by Gasteiger charge is 2.09. The molecule has 3 rings (SSSR count). The number of nitrogens with one attached hydrogen (secondary N) is 1. The van der Waals surface area contributed by atoms with Gasteiger partial charge in [0.25, 0.3) is 5.56 Å². The summed E-state index contributed by atoms with van der Waals surface area (Å²) < 4.78 is 5.64. The summed E-state index contributed by atoms with van der Waals surface area (Å²) in [5, 5.41) is 7.27. The van der Waals surface area contributed by atoms with Crippen molar-refractivity contribution in [2.24, 2.45) is 0 Å². The van der Waals surface area contributed by atoms with Crippen LogP contribution < -0.4 is 5.56 Å². The molecule has 84 valence electrons. The van der Waals surface area contributed by atoms with E-state index in [0.717, 1.165) is 16.7 Å². The minimum atomic E-state index is -0.241. The van der Waals surface area contributed by atoms with Crippen LogP contribution in [0.1, 0.15) is 5.69 Å². The first-order valence-corrected chi connectivity index (χ1v) is 5.29. The molecule has 0 amide bonds. The Morgan fingerprint density at radius 3 is 2.88 bits per heavy atom. The molecule has 1 aromatic carbocycles. The van der Waals surface area contributed by atoms with Gasteiger partial charge in [-0.1, -0.05) is 18.2 Å². The van der Waals surface area contributed by atoms with Crippen LogP contribution in [-0.2, 0) is 0 Å². The number of para-hydroxylation sites is 1. The van der Waals surface area contributed by atoms with E-state index in [2.05, 4.69) is 10.2 Å². The number of aromatic amines is 1. The van der Waals surface area contributed by atoms with E-state index in [1.54, 1.807) is 6.07 Å². The molecule has 2 heterocycles. The highest BCUT2D eigenvalue weighted by molar-refractivity contribution is 5.82. The van der Waals surface area contributed by atoms with Crippen LogP contribution in [0.25, 0.3) is 22.3 Å². The van der Waals surface area contributed by atoms with Gasteiger partial charge in [-0.15, -0.1) is 0 Å². The van der Waals surface area contributed by atoms with Gasteiger partial charge in [0, 0.05) is 5.39 Å². The Labute approximate surface area is 96.9 Å². The van der Waals surface area contributed by atoms with Gasteiger partial charge in [-0.3, -0.25) is 4.79 Å². The molecule has 4 nitrogen and oxygen atoms in total. The summed E-state index contributed by atoms with van der Waals surface area (Å²) >= 11 is 0. The van der Waals surface area contributed by atoms with Crippen LogP contribution in [0, 0.1) is 6.92 Å². The van der Waals surface area contributed by atoms with Crippen molar-refractivity contribution < 1.29 is 4.42 Å². The topological polar surface area (TPSA) is 58.9 Å². The standard InChI is InChI=1S/C13H10N2O2/c1-8-6-10(13(16)15-14-8)12-7-9-4-2-3-5-11(9)17-12/h2-7H,1H3,(H,15,16). The molecule has 17 heavy (non-hydrogen) atoms. The molecule has 2 aromatic heterocycles. The summed E-state index contributed by atoms with van der Waals surface area (Å²) in [5.74, 6) is 0.568. The van der Waals surface area contributed by atoms with Gasteiger partial charge in [0.15, 0.2) is 0 Å². The van der Waals surface area contributed by atoms with Crippen LogP contribution in [0.2, 0.25) is 0 Å². The number of aromatic nitrogens is 2. The molecule has 0 unspecified atom stereocenters. The maximum absolute atomic E-state index is 11.7. The van der Waals surface area contributed by atoms with Crippen molar-refractivity contribution in [3.05, 3.63) is 52.4 Å². The lowest BCUT2D eigenvalue weighted by Crippen LogP contribution is -2.10. The second-order valence-electron chi connectivity index (χ2n) is 3.90. The lowest BCUT2D eigenvalue weighted by molar-refractivity contribution is 0.629. The summed E-state index contributed by atoms with van der Waals surface area (Å²) in [6.07, 6.45) is 0. The van der Waals surface area contributed by atoms with Gasteiger partial charge < -0.3 is 4.42 Å². The van der Waals surface area contributed by atoms with E-state index in [0.29, 0.717) is 11.3 Å². The number of fused-ring (bicyclic) bond motifs is 1. The first-order chi connectivity index (χ1) is 8.24. The van der Waals surface area contributed by atoms with E-state index in [-0.39, 0.29) is 5.56 Å². The third-order valence-electron chi connectivity index (χ3n) is 2.62. The van der Waals surface area contributed by atoms with E-state index in [1.165, 1.54) is 0 Å². The largest absolute Gasteiger partial charge is 0.456 e. The molecule has 0 saturated heterocycles. The van der Waals surface area contributed by atoms with E-state index in [1.807, 2.05) is 37.3 Å². The summed E-state index contributed by atoms with van der Waals surface area (Å²) in [6.45, 7) is 1.82. The molecule has 0 bridgehead atoms. The highest BCUT2D eigenvalue weighted by Crippen LogP contribution is 2.25. The lowest BCUT2D eigenvalue weighted by atomic mass is 10.2. The van der Waals surface area contributed by atoms with Crippen LogP contribution in [0.5, 0.6) is 0 Å². The fourth-order valence-electron chi connectivity index (χ4n) is 1.80. The quantitative estimate of drug-likeness (QED) is 0.693. The van der Waals surface area contributed by atoms with Crippen LogP contribution >= 0.6 is 0 Å². The van der Waals surface area contributed by atoms with Crippen molar-refractivity contribution in [3.63, 3.8) is 0 Å². The molecule has 0 aliphatic rings. The number of hydrogen-bond donors (Lipinski definition) is 1. The van der Waals surface area contributed by atoms with Crippen molar-refractivity contribution in [1.82, 2.24) is 10.2 Å². The van der Waals surface area contributed by atoms with Gasteiger partial charge in [-0.2, -0.15) is 5.10 Å². The molecule has 0 spiro atoms. The van der Waals surface area contributed by atoms with Gasteiger partial charge in [0.05, 0.1) is 11.3 Å². The molecular formula is C13H10N2O2. The Morgan fingerprint density at radius 1 is 1.24 bits per heavy atom. The van der Waals surface area contributed by atoms with Crippen LogP contribution in [0.15, 0.2) is 45.6 Å². The molecular weight excluding hydrogens is 216 g/mol. The van der Waals surface area contributed by atoms with Crippen molar-refractivity contribution in [1.29, 1.82) is 0 Å². The Morgan fingerprint density at radius 2 is 2.06 bits per heavy atom. The summed E-state index contributed by atoms with van der Waals surface area (Å²) in [7, 11) is 0. The molecule has 3 aromatic rings. The second-order valence-corrected chi connectivity index (χ2v) is 3.90. The van der Waals surface area contributed by atoms with E-state index in [9.17, 15) is 4.79 Å². The smallest absolute Gasteiger partial charge is 0.275 e. The number of furan rings is 1. The van der Waals surface area contributed by atoms with Gasteiger partial charge >= 0.3 is 0 Å². The average Bonchev–Trinajstić information content (AvgIpc) is 2.75. The monoisotopic (exact) mass is 226 g/mol. The SMILES string of the molecule is Cc1cc(-c2cc3ccccc3o2)c(=O)[nH]n1. The third kappa shape index (κ3) is 1.63. The Hall–Kier alpha value is -2.36. The molecule has 0 radical (unpaired) electrons. The minimum absolute atomic E-state index is 0.241. The summed E-state index contributed by atoms with van der Waals surface area (Å²) in [5.41, 5.74) is 1.79. The zero-order valence-corrected chi connectivity index (χ0v) is 9.23. The average molecular weight is 226 g/mol. The predicted molar refractivity (Wildman–Crippen MR) is 64.8 cm³/mol. The zero-order valence-electron chi connectivity index (χ0n) is 9.23. The minimum Gasteiger partial charge on any atom is -0.456 e. The first kappa shape index (κ1) is 9.84. The molecule has 0 atom stereocenters. The maximum atomic E-state index is 11.7. The van der Waals surface area contributed by atoms with Crippen molar-refractivity contribution in [2.45, 2.75) is 6.92 Å². The van der Waals surface area contributed by atoms with E-state index in [4.69, 9.17) is 4.42 Å². The Balaban J connectivity index is 2.27. The maximum Gasteiger partial charge on any atom is 0.275 e. The van der Waals surface area contributed by atoms with E-state index >= 15 is 0 Å². The second kappa shape index (κ2) is 3.59.